The maximum atomic E-state index is 5.90. The summed E-state index contributed by atoms with van der Waals surface area (Å²) in [5.74, 6) is 1.48. The van der Waals surface area contributed by atoms with Crippen molar-refractivity contribution in [1.29, 1.82) is 0 Å². The molecule has 0 saturated heterocycles. The van der Waals surface area contributed by atoms with Gasteiger partial charge in [0.2, 0.25) is 0 Å². The van der Waals surface area contributed by atoms with Gasteiger partial charge in [0, 0.05) is 26.3 Å². The van der Waals surface area contributed by atoms with Crippen molar-refractivity contribution in [2.75, 3.05) is 31.3 Å². The number of hydrogen-bond acceptors (Lipinski definition) is 5. The predicted molar refractivity (Wildman–Crippen MR) is 70.2 cm³/mol. The molecule has 0 fully saturated rings. The first-order valence-electron chi connectivity index (χ1n) is 5.93. The standard InChI is InChI=1S/C12H22N4O/c1-5-6-10-11(13)14-8-15-12(10)16(3)7-9(2)17-4/h8-9H,5-7H2,1-4H3,(H2,13,14,15). The summed E-state index contributed by atoms with van der Waals surface area (Å²) in [6.07, 6.45) is 3.59. The first-order valence-corrected chi connectivity index (χ1v) is 5.93. The summed E-state index contributed by atoms with van der Waals surface area (Å²) in [6, 6.07) is 0. The van der Waals surface area contributed by atoms with Gasteiger partial charge in [-0.25, -0.2) is 9.97 Å². The van der Waals surface area contributed by atoms with Crippen LogP contribution in [0, 0.1) is 0 Å². The van der Waals surface area contributed by atoms with Crippen molar-refractivity contribution >= 4 is 11.6 Å². The van der Waals surface area contributed by atoms with Crippen LogP contribution in [0.1, 0.15) is 25.8 Å². The van der Waals surface area contributed by atoms with Crippen molar-refractivity contribution in [3.05, 3.63) is 11.9 Å². The number of methoxy groups -OCH3 is 1. The summed E-state index contributed by atoms with van der Waals surface area (Å²) in [4.78, 5) is 10.4. The summed E-state index contributed by atoms with van der Waals surface area (Å²) in [5, 5.41) is 0. The second-order valence-corrected chi connectivity index (χ2v) is 4.24. The molecule has 0 aliphatic heterocycles. The number of ether oxygens (including phenoxy) is 1. The Labute approximate surface area is 103 Å². The number of hydrogen-bond donors (Lipinski definition) is 1. The molecule has 0 spiro atoms. The molecule has 0 aliphatic carbocycles. The number of anilines is 2. The Kier molecular flexibility index (Phi) is 5.15. The highest BCUT2D eigenvalue weighted by atomic mass is 16.5. The van der Waals surface area contributed by atoms with Crippen LogP contribution in [-0.4, -0.2) is 36.8 Å². The van der Waals surface area contributed by atoms with E-state index in [1.807, 2.05) is 14.0 Å². The number of likely N-dealkylation sites (N-methyl/N-ethyl adjacent to an activating group) is 1. The molecule has 0 aliphatic rings. The minimum atomic E-state index is 0.158. The lowest BCUT2D eigenvalue weighted by molar-refractivity contribution is 0.124. The second kappa shape index (κ2) is 6.39. The van der Waals surface area contributed by atoms with Gasteiger partial charge in [0.1, 0.15) is 18.0 Å². The zero-order chi connectivity index (χ0) is 12.8. The van der Waals surface area contributed by atoms with Gasteiger partial charge in [-0.05, 0) is 13.3 Å². The number of nitrogen functional groups attached to an aromatic ring is 1. The fourth-order valence-corrected chi connectivity index (χ4v) is 1.78. The zero-order valence-corrected chi connectivity index (χ0v) is 11.1. The quantitative estimate of drug-likeness (QED) is 0.813. The molecule has 1 unspecified atom stereocenters. The Morgan fingerprint density at radius 1 is 1.47 bits per heavy atom. The van der Waals surface area contributed by atoms with E-state index in [-0.39, 0.29) is 6.10 Å². The third-order valence-electron chi connectivity index (χ3n) is 2.75. The monoisotopic (exact) mass is 238 g/mol. The lowest BCUT2D eigenvalue weighted by Crippen LogP contribution is -2.30. The fourth-order valence-electron chi connectivity index (χ4n) is 1.78. The molecule has 17 heavy (non-hydrogen) atoms. The van der Waals surface area contributed by atoms with E-state index in [0.29, 0.717) is 5.82 Å². The topological polar surface area (TPSA) is 64.3 Å². The summed E-state index contributed by atoms with van der Waals surface area (Å²) in [7, 11) is 3.70. The maximum absolute atomic E-state index is 5.90. The molecule has 2 N–H and O–H groups in total. The summed E-state index contributed by atoms with van der Waals surface area (Å²) in [6.45, 7) is 4.93. The Hall–Kier alpha value is -1.36. The molecule has 1 aromatic heterocycles. The lowest BCUT2D eigenvalue weighted by Gasteiger charge is -2.24. The van der Waals surface area contributed by atoms with E-state index in [1.165, 1.54) is 6.33 Å². The molecule has 0 bridgehead atoms. The predicted octanol–water partition coefficient (Wildman–Crippen LogP) is 1.48. The van der Waals surface area contributed by atoms with Crippen LogP contribution < -0.4 is 10.6 Å². The van der Waals surface area contributed by atoms with E-state index < -0.39 is 0 Å². The number of nitrogens with zero attached hydrogens (tertiary/aromatic N) is 3. The minimum absolute atomic E-state index is 0.158. The van der Waals surface area contributed by atoms with Gasteiger partial charge in [0.25, 0.3) is 0 Å². The molecule has 0 amide bonds. The van der Waals surface area contributed by atoms with Gasteiger partial charge in [-0.1, -0.05) is 13.3 Å². The normalized spacial score (nSPS) is 12.5. The van der Waals surface area contributed by atoms with Gasteiger partial charge in [0.15, 0.2) is 0 Å². The number of nitrogens with two attached hydrogens (primary N) is 1. The molecule has 96 valence electrons. The average Bonchev–Trinajstić information content (AvgIpc) is 2.31. The Balaban J connectivity index is 2.91. The summed E-state index contributed by atoms with van der Waals surface area (Å²) in [5.41, 5.74) is 6.93. The fraction of sp³-hybridized carbons (Fsp3) is 0.667. The first kappa shape index (κ1) is 13.7. The minimum Gasteiger partial charge on any atom is -0.383 e. The zero-order valence-electron chi connectivity index (χ0n) is 11.1. The second-order valence-electron chi connectivity index (χ2n) is 4.24. The molecule has 1 heterocycles. The first-order chi connectivity index (χ1) is 8.10. The molecule has 1 aromatic rings. The average molecular weight is 238 g/mol. The van der Waals surface area contributed by atoms with Gasteiger partial charge in [-0.3, -0.25) is 0 Å². The van der Waals surface area contributed by atoms with Crippen LogP contribution in [0.3, 0.4) is 0 Å². The van der Waals surface area contributed by atoms with Crippen LogP contribution in [-0.2, 0) is 11.2 Å². The largest absolute Gasteiger partial charge is 0.383 e. The molecule has 1 atom stereocenters. The molecule has 1 rings (SSSR count). The molecule has 0 saturated carbocycles. The van der Waals surface area contributed by atoms with Crippen LogP contribution in [0.4, 0.5) is 11.6 Å². The van der Waals surface area contributed by atoms with E-state index in [1.54, 1.807) is 7.11 Å². The van der Waals surface area contributed by atoms with E-state index in [9.17, 15) is 0 Å². The van der Waals surface area contributed by atoms with Gasteiger partial charge in [-0.2, -0.15) is 0 Å². The van der Waals surface area contributed by atoms with Crippen LogP contribution >= 0.6 is 0 Å². The molecule has 5 nitrogen and oxygen atoms in total. The summed E-state index contributed by atoms with van der Waals surface area (Å²) < 4.78 is 5.26. The highest BCUT2D eigenvalue weighted by molar-refractivity contribution is 5.56. The highest BCUT2D eigenvalue weighted by Gasteiger charge is 2.14. The van der Waals surface area contributed by atoms with Gasteiger partial charge in [-0.15, -0.1) is 0 Å². The molecule has 0 radical (unpaired) electrons. The van der Waals surface area contributed by atoms with E-state index in [2.05, 4.69) is 21.8 Å². The Morgan fingerprint density at radius 2 is 2.18 bits per heavy atom. The third-order valence-corrected chi connectivity index (χ3v) is 2.75. The molecular formula is C12H22N4O. The van der Waals surface area contributed by atoms with Crippen molar-refractivity contribution in [3.8, 4) is 0 Å². The van der Waals surface area contributed by atoms with Crippen molar-refractivity contribution in [1.82, 2.24) is 9.97 Å². The van der Waals surface area contributed by atoms with Gasteiger partial charge in [0.05, 0.1) is 6.10 Å². The summed E-state index contributed by atoms with van der Waals surface area (Å²) >= 11 is 0. The number of rotatable bonds is 6. The molecule has 0 aromatic carbocycles. The van der Waals surface area contributed by atoms with Crippen LogP contribution in [0.25, 0.3) is 0 Å². The van der Waals surface area contributed by atoms with Crippen molar-refractivity contribution < 1.29 is 4.74 Å². The van der Waals surface area contributed by atoms with Crippen LogP contribution in [0.2, 0.25) is 0 Å². The van der Waals surface area contributed by atoms with Gasteiger partial charge >= 0.3 is 0 Å². The highest BCUT2D eigenvalue weighted by Crippen LogP contribution is 2.22. The Morgan fingerprint density at radius 3 is 2.76 bits per heavy atom. The van der Waals surface area contributed by atoms with E-state index in [0.717, 1.165) is 30.8 Å². The molecular weight excluding hydrogens is 216 g/mol. The number of aromatic nitrogens is 2. The van der Waals surface area contributed by atoms with Crippen molar-refractivity contribution in [3.63, 3.8) is 0 Å². The van der Waals surface area contributed by atoms with Crippen LogP contribution in [0.5, 0.6) is 0 Å². The SMILES string of the molecule is CCCc1c(N)ncnc1N(C)CC(C)OC. The van der Waals surface area contributed by atoms with E-state index >= 15 is 0 Å². The molecule has 5 heteroatoms. The van der Waals surface area contributed by atoms with E-state index in [4.69, 9.17) is 10.5 Å². The van der Waals surface area contributed by atoms with Crippen molar-refractivity contribution in [2.45, 2.75) is 32.8 Å². The Bertz CT molecular complexity index is 356. The van der Waals surface area contributed by atoms with Crippen LogP contribution in [0.15, 0.2) is 6.33 Å². The van der Waals surface area contributed by atoms with Gasteiger partial charge < -0.3 is 15.4 Å². The van der Waals surface area contributed by atoms with Crippen molar-refractivity contribution in [2.24, 2.45) is 0 Å². The lowest BCUT2D eigenvalue weighted by atomic mass is 10.1. The maximum Gasteiger partial charge on any atom is 0.137 e. The third kappa shape index (κ3) is 3.56. The smallest absolute Gasteiger partial charge is 0.137 e.